The molecule has 0 bridgehead atoms. The van der Waals surface area contributed by atoms with Gasteiger partial charge in [-0.05, 0) is 76.9 Å². The molecule has 3 aromatic rings. The third kappa shape index (κ3) is 6.89. The highest BCUT2D eigenvalue weighted by Gasteiger charge is 2.27. The minimum absolute atomic E-state index is 0.0382. The van der Waals surface area contributed by atoms with Gasteiger partial charge in [-0.15, -0.1) is 5.10 Å². The molecule has 3 aliphatic rings. The summed E-state index contributed by atoms with van der Waals surface area (Å²) in [7, 11) is 2.14. The van der Waals surface area contributed by atoms with E-state index in [1.807, 2.05) is 6.07 Å². The number of aromatic nitrogens is 4. The molecule has 1 atom stereocenters. The van der Waals surface area contributed by atoms with Crippen LogP contribution >= 0.6 is 0 Å². The lowest BCUT2D eigenvalue weighted by molar-refractivity contribution is 0.102. The molecule has 1 saturated heterocycles. The van der Waals surface area contributed by atoms with Crippen molar-refractivity contribution in [1.29, 1.82) is 0 Å². The molecule has 0 spiro atoms. The number of carbonyl (C=O) groups is 2. The number of fused-ring (bicyclic) bond motifs is 1. The van der Waals surface area contributed by atoms with E-state index in [1.165, 1.54) is 29.4 Å². The molecule has 0 aromatic carbocycles. The number of amides is 3. The van der Waals surface area contributed by atoms with Gasteiger partial charge >= 0.3 is 6.03 Å². The van der Waals surface area contributed by atoms with Crippen molar-refractivity contribution in [1.82, 2.24) is 35.1 Å². The average molecular weight is 579 g/mol. The molecule has 5 N–H and O–H groups in total. The summed E-state index contributed by atoms with van der Waals surface area (Å²) < 4.78 is 15.6. The first-order valence-electron chi connectivity index (χ1n) is 15.0. The van der Waals surface area contributed by atoms with Crippen molar-refractivity contribution >= 4 is 34.8 Å². The first-order chi connectivity index (χ1) is 20.4. The van der Waals surface area contributed by atoms with Crippen LogP contribution in [0.3, 0.4) is 0 Å². The van der Waals surface area contributed by atoms with Gasteiger partial charge in [0, 0.05) is 43.5 Å². The summed E-state index contributed by atoms with van der Waals surface area (Å²) in [6, 6.07) is 3.94. The summed E-state index contributed by atoms with van der Waals surface area (Å²) in [4.78, 5) is 36.0. The fraction of sp³-hybridized carbons (Fsp3) is 0.552. The van der Waals surface area contributed by atoms with E-state index in [0.717, 1.165) is 69.9 Å². The molecule has 2 aliphatic carbocycles. The summed E-state index contributed by atoms with van der Waals surface area (Å²) in [5.74, 6) is 0.155. The maximum atomic E-state index is 14.1. The van der Waals surface area contributed by atoms with Crippen LogP contribution in [0, 0.1) is 11.7 Å². The molecule has 4 heterocycles. The van der Waals surface area contributed by atoms with Crippen molar-refractivity contribution in [2.24, 2.45) is 5.92 Å². The second-order valence-corrected chi connectivity index (χ2v) is 11.8. The Morgan fingerprint density at radius 2 is 1.76 bits per heavy atom. The summed E-state index contributed by atoms with van der Waals surface area (Å²) in [5.41, 5.74) is 1.56. The van der Waals surface area contributed by atoms with E-state index in [2.05, 4.69) is 48.5 Å². The van der Waals surface area contributed by atoms with Gasteiger partial charge in [-0.25, -0.2) is 18.7 Å². The molecule has 3 fully saturated rings. The van der Waals surface area contributed by atoms with Gasteiger partial charge in [0.2, 0.25) is 0 Å². The molecule has 1 unspecified atom stereocenters. The Bertz CT molecular complexity index is 1420. The topological polar surface area (TPSA) is 141 Å². The number of nitrogens with one attached hydrogen (secondary N) is 5. The van der Waals surface area contributed by atoms with E-state index >= 15 is 0 Å². The number of hydrogen-bond acceptors (Lipinski definition) is 8. The van der Waals surface area contributed by atoms with Crippen LogP contribution in [0.4, 0.5) is 26.4 Å². The van der Waals surface area contributed by atoms with E-state index in [9.17, 15) is 14.0 Å². The second kappa shape index (κ2) is 12.5. The zero-order chi connectivity index (χ0) is 29.1. The summed E-state index contributed by atoms with van der Waals surface area (Å²) in [6.07, 6.45) is 11.8. The average Bonchev–Trinajstić information content (AvgIpc) is 3.52. The molecule has 12 nitrogen and oxygen atoms in total. The Kier molecular flexibility index (Phi) is 8.36. The van der Waals surface area contributed by atoms with Crippen LogP contribution in [0.1, 0.15) is 61.9 Å². The Morgan fingerprint density at radius 3 is 2.50 bits per heavy atom. The minimum atomic E-state index is -0.620. The molecule has 13 heteroatoms. The van der Waals surface area contributed by atoms with E-state index < -0.39 is 11.7 Å². The van der Waals surface area contributed by atoms with Gasteiger partial charge < -0.3 is 31.5 Å². The molecule has 1 aliphatic heterocycles. The number of pyridine rings is 1. The van der Waals surface area contributed by atoms with Gasteiger partial charge in [0.1, 0.15) is 5.82 Å². The van der Waals surface area contributed by atoms with Gasteiger partial charge in [-0.1, -0.05) is 0 Å². The first-order valence-corrected chi connectivity index (χ1v) is 15.0. The van der Waals surface area contributed by atoms with Crippen molar-refractivity contribution in [2.75, 3.05) is 42.6 Å². The molecular formula is C29H39FN10O2. The monoisotopic (exact) mass is 578 g/mol. The third-order valence-corrected chi connectivity index (χ3v) is 8.40. The van der Waals surface area contributed by atoms with Crippen LogP contribution in [0.15, 0.2) is 30.7 Å². The third-order valence-electron chi connectivity index (χ3n) is 8.40. The van der Waals surface area contributed by atoms with E-state index in [0.29, 0.717) is 30.0 Å². The summed E-state index contributed by atoms with van der Waals surface area (Å²) in [6.45, 7) is 2.96. The normalized spacial score (nSPS) is 22.6. The maximum Gasteiger partial charge on any atom is 0.315 e. The number of anilines is 3. The Morgan fingerprint density at radius 1 is 1.00 bits per heavy atom. The van der Waals surface area contributed by atoms with Crippen LogP contribution < -0.4 is 26.6 Å². The van der Waals surface area contributed by atoms with Crippen LogP contribution in [0.2, 0.25) is 0 Å². The van der Waals surface area contributed by atoms with Crippen LogP contribution in [-0.2, 0) is 0 Å². The van der Waals surface area contributed by atoms with Crippen molar-refractivity contribution in [3.05, 3.63) is 42.2 Å². The molecular weight excluding hydrogens is 539 g/mol. The number of imidazole rings is 1. The Labute approximate surface area is 244 Å². The Balaban J connectivity index is 1.06. The number of hydrogen-bond donors (Lipinski definition) is 5. The zero-order valence-electron chi connectivity index (χ0n) is 23.9. The molecule has 3 amide bonds. The maximum absolute atomic E-state index is 14.1. The smallest absolute Gasteiger partial charge is 0.315 e. The van der Waals surface area contributed by atoms with E-state index in [-0.39, 0.29) is 29.5 Å². The summed E-state index contributed by atoms with van der Waals surface area (Å²) in [5, 5.41) is 20.5. The largest absolute Gasteiger partial charge is 0.379 e. The number of nitrogens with zero attached hydrogens (tertiary/aromatic N) is 5. The van der Waals surface area contributed by atoms with Gasteiger partial charge in [0.25, 0.3) is 5.91 Å². The molecule has 3 aromatic heterocycles. The predicted octanol–water partition coefficient (Wildman–Crippen LogP) is 3.45. The second-order valence-electron chi connectivity index (χ2n) is 11.8. The number of likely N-dealkylation sites (tertiary alicyclic amines) is 1. The number of rotatable bonds is 10. The van der Waals surface area contributed by atoms with Crippen molar-refractivity contribution in [3.8, 4) is 0 Å². The van der Waals surface area contributed by atoms with Crippen LogP contribution in [-0.4, -0.2) is 81.2 Å². The predicted molar refractivity (Wildman–Crippen MR) is 158 cm³/mol. The highest BCUT2D eigenvalue weighted by molar-refractivity contribution is 6.03. The van der Waals surface area contributed by atoms with E-state index in [4.69, 9.17) is 5.10 Å². The number of urea groups is 1. The zero-order valence-corrected chi connectivity index (χ0v) is 23.9. The van der Waals surface area contributed by atoms with Gasteiger partial charge in [0.05, 0.1) is 23.8 Å². The molecule has 224 valence electrons. The number of carbonyl (C=O) groups excluding carboxylic acids is 2. The van der Waals surface area contributed by atoms with Gasteiger partial charge in [-0.2, -0.15) is 0 Å². The lowest BCUT2D eigenvalue weighted by Crippen LogP contribution is -2.45. The van der Waals surface area contributed by atoms with Crippen LogP contribution in [0.5, 0.6) is 0 Å². The lowest BCUT2D eigenvalue weighted by Gasteiger charge is -2.30. The fourth-order valence-corrected chi connectivity index (χ4v) is 5.89. The molecule has 42 heavy (non-hydrogen) atoms. The summed E-state index contributed by atoms with van der Waals surface area (Å²) >= 11 is 0. The van der Waals surface area contributed by atoms with Gasteiger partial charge in [-0.3, -0.25) is 9.78 Å². The standard InChI is InChI=1S/C29H39FN10O2/c1-39-13-10-18(17-39)8-12-32-29(42)36-21-6-4-20(5-7-21)35-26-14-24(34-19-2-3-19)27-33-16-25(40(27)38-26)28(41)37-23-9-11-31-15-22(23)30/h9,11,14-16,18-21,34H,2-8,10,12-13,17H2,1H3,(H,35,38)(H,31,37,41)(H2,32,36,42). The quantitative estimate of drug-likeness (QED) is 0.246. The van der Waals surface area contributed by atoms with Crippen molar-refractivity contribution in [2.45, 2.75) is 69.5 Å². The number of halogens is 1. The van der Waals surface area contributed by atoms with E-state index in [1.54, 1.807) is 0 Å². The lowest BCUT2D eigenvalue weighted by atomic mass is 9.91. The Hall–Kier alpha value is -4.00. The van der Waals surface area contributed by atoms with Crippen molar-refractivity contribution in [3.63, 3.8) is 0 Å². The van der Waals surface area contributed by atoms with Crippen LogP contribution in [0.25, 0.3) is 5.65 Å². The highest BCUT2D eigenvalue weighted by atomic mass is 19.1. The highest BCUT2D eigenvalue weighted by Crippen LogP contribution is 2.30. The molecule has 6 rings (SSSR count). The fourth-order valence-electron chi connectivity index (χ4n) is 5.89. The van der Waals surface area contributed by atoms with Crippen molar-refractivity contribution < 1.29 is 14.0 Å². The minimum Gasteiger partial charge on any atom is -0.379 e. The van der Waals surface area contributed by atoms with Gasteiger partial charge in [0.15, 0.2) is 17.2 Å². The molecule has 2 saturated carbocycles. The first kappa shape index (κ1) is 28.1. The molecule has 0 radical (unpaired) electrons. The SMILES string of the molecule is CN1CCC(CCNC(=O)NC2CCC(Nc3cc(NC4CC4)c4ncc(C(=O)Nc5ccncc5F)n4n3)CC2)C1.